The number of hydrogen-bond donors (Lipinski definition) is 1. The van der Waals surface area contributed by atoms with E-state index in [1.54, 1.807) is 0 Å². The number of hydrogen-bond acceptors (Lipinski definition) is 4. The summed E-state index contributed by atoms with van der Waals surface area (Å²) < 4.78 is 0. The van der Waals surface area contributed by atoms with E-state index in [0.717, 1.165) is 0 Å². The second kappa shape index (κ2) is 5.90. The van der Waals surface area contributed by atoms with Crippen LogP contribution in [0.1, 0.15) is 30.1 Å². The van der Waals surface area contributed by atoms with Crippen molar-refractivity contribution < 1.29 is 19.6 Å². The van der Waals surface area contributed by atoms with Crippen molar-refractivity contribution in [3.05, 3.63) is 39.9 Å². The first-order valence-corrected chi connectivity index (χ1v) is 6.69. The van der Waals surface area contributed by atoms with Crippen LogP contribution in [-0.4, -0.2) is 39.4 Å². The third-order valence-corrected chi connectivity index (χ3v) is 3.74. The molecule has 1 aromatic rings. The summed E-state index contributed by atoms with van der Waals surface area (Å²) in [4.78, 5) is 35.4. The number of nitrogens with zero attached hydrogens (tertiary/aromatic N) is 2. The number of benzene rings is 1. The lowest BCUT2D eigenvalue weighted by atomic mass is 9.91. The van der Waals surface area contributed by atoms with Crippen molar-refractivity contribution in [2.75, 3.05) is 6.54 Å². The molecular formula is C14H16N2O5. The Morgan fingerprint density at radius 3 is 2.67 bits per heavy atom. The fourth-order valence-electron chi connectivity index (χ4n) is 2.59. The molecule has 112 valence electrons. The Bertz CT molecular complexity index is 586. The van der Waals surface area contributed by atoms with Gasteiger partial charge in [-0.05, 0) is 24.8 Å². The second-order valence-corrected chi connectivity index (χ2v) is 5.26. The fraction of sp³-hybridized carbons (Fsp3) is 0.429. The van der Waals surface area contributed by atoms with E-state index in [0.29, 0.717) is 19.4 Å². The van der Waals surface area contributed by atoms with Crippen molar-refractivity contribution in [3.8, 4) is 0 Å². The van der Waals surface area contributed by atoms with Crippen molar-refractivity contribution >= 4 is 17.6 Å². The molecule has 0 spiro atoms. The Kier molecular flexibility index (Phi) is 4.21. The maximum Gasteiger partial charge on any atom is 0.326 e. The molecule has 1 aliphatic rings. The number of nitro benzene ring substituents is 1. The monoisotopic (exact) mass is 292 g/mol. The molecule has 7 heteroatoms. The number of carboxylic acids is 1. The summed E-state index contributed by atoms with van der Waals surface area (Å²) in [7, 11) is 0. The number of para-hydroxylation sites is 1. The largest absolute Gasteiger partial charge is 0.480 e. The maximum atomic E-state index is 12.5. The van der Waals surface area contributed by atoms with E-state index >= 15 is 0 Å². The van der Waals surface area contributed by atoms with Crippen molar-refractivity contribution in [2.45, 2.75) is 25.8 Å². The summed E-state index contributed by atoms with van der Waals surface area (Å²) in [6.07, 6.45) is 1.05. The SMILES string of the molecule is CC1CCN(C(=O)c2ccccc2[N+](=O)[O-])C(C(=O)O)C1. The van der Waals surface area contributed by atoms with Crippen LogP contribution in [0.3, 0.4) is 0 Å². The van der Waals surface area contributed by atoms with Gasteiger partial charge in [-0.15, -0.1) is 0 Å². The quantitative estimate of drug-likeness (QED) is 0.677. The van der Waals surface area contributed by atoms with Crippen LogP contribution in [0.25, 0.3) is 0 Å². The molecule has 1 fully saturated rings. The lowest BCUT2D eigenvalue weighted by Crippen LogP contribution is -2.49. The Balaban J connectivity index is 2.34. The normalized spacial score (nSPS) is 21.9. The van der Waals surface area contributed by atoms with E-state index < -0.39 is 22.8 Å². The van der Waals surface area contributed by atoms with Gasteiger partial charge in [0, 0.05) is 12.6 Å². The molecular weight excluding hydrogens is 276 g/mol. The molecule has 2 unspecified atom stereocenters. The van der Waals surface area contributed by atoms with E-state index in [1.807, 2.05) is 6.92 Å². The Hall–Kier alpha value is -2.44. The molecule has 1 amide bonds. The van der Waals surface area contributed by atoms with Gasteiger partial charge in [0.2, 0.25) is 0 Å². The minimum atomic E-state index is -1.08. The number of nitro groups is 1. The number of aliphatic carboxylic acids is 1. The van der Waals surface area contributed by atoms with Crippen molar-refractivity contribution in [2.24, 2.45) is 5.92 Å². The Morgan fingerprint density at radius 1 is 1.38 bits per heavy atom. The van der Waals surface area contributed by atoms with Crippen LogP contribution >= 0.6 is 0 Å². The predicted octanol–water partition coefficient (Wildman–Crippen LogP) is 1.92. The van der Waals surface area contributed by atoms with Gasteiger partial charge in [-0.1, -0.05) is 19.1 Å². The first-order valence-electron chi connectivity index (χ1n) is 6.69. The van der Waals surface area contributed by atoms with Crippen LogP contribution in [0, 0.1) is 16.0 Å². The van der Waals surface area contributed by atoms with E-state index in [-0.39, 0.29) is 17.2 Å². The van der Waals surface area contributed by atoms with E-state index in [2.05, 4.69) is 0 Å². The summed E-state index contributed by atoms with van der Waals surface area (Å²) in [6, 6.07) is 4.68. The molecule has 21 heavy (non-hydrogen) atoms. The molecule has 1 heterocycles. The molecule has 1 aliphatic heterocycles. The third kappa shape index (κ3) is 3.01. The van der Waals surface area contributed by atoms with E-state index in [9.17, 15) is 24.8 Å². The third-order valence-electron chi connectivity index (χ3n) is 3.74. The summed E-state index contributed by atoms with van der Waals surface area (Å²) in [5.74, 6) is -1.46. The van der Waals surface area contributed by atoms with Gasteiger partial charge in [0.05, 0.1) is 4.92 Å². The molecule has 0 radical (unpaired) electrons. The molecule has 2 atom stereocenters. The van der Waals surface area contributed by atoms with Crippen LogP contribution < -0.4 is 0 Å². The lowest BCUT2D eigenvalue weighted by Gasteiger charge is -2.35. The minimum absolute atomic E-state index is 0.0664. The molecule has 1 aromatic carbocycles. The van der Waals surface area contributed by atoms with Gasteiger partial charge in [-0.25, -0.2) is 4.79 Å². The van der Waals surface area contributed by atoms with Crippen molar-refractivity contribution in [1.29, 1.82) is 0 Å². The highest BCUT2D eigenvalue weighted by molar-refractivity contribution is 6.00. The van der Waals surface area contributed by atoms with E-state index in [1.165, 1.54) is 29.2 Å². The van der Waals surface area contributed by atoms with Gasteiger partial charge in [0.25, 0.3) is 11.6 Å². The number of carbonyl (C=O) groups is 2. The first kappa shape index (κ1) is 15.0. The minimum Gasteiger partial charge on any atom is -0.480 e. The van der Waals surface area contributed by atoms with Gasteiger partial charge in [-0.2, -0.15) is 0 Å². The van der Waals surface area contributed by atoms with Crippen LogP contribution in [0.4, 0.5) is 5.69 Å². The van der Waals surface area contributed by atoms with Gasteiger partial charge >= 0.3 is 5.97 Å². The summed E-state index contributed by atoms with van der Waals surface area (Å²) in [5, 5.41) is 20.3. The van der Waals surface area contributed by atoms with E-state index in [4.69, 9.17) is 0 Å². The van der Waals surface area contributed by atoms with Gasteiger partial charge in [-0.3, -0.25) is 14.9 Å². The summed E-state index contributed by atoms with van der Waals surface area (Å²) in [5.41, 5.74) is -0.367. The number of carboxylic acid groups (broad SMARTS) is 1. The topological polar surface area (TPSA) is 101 Å². The predicted molar refractivity (Wildman–Crippen MR) is 74.0 cm³/mol. The first-order chi connectivity index (χ1) is 9.91. The molecule has 0 bridgehead atoms. The molecule has 7 nitrogen and oxygen atoms in total. The molecule has 2 rings (SSSR count). The number of amides is 1. The summed E-state index contributed by atoms with van der Waals surface area (Å²) >= 11 is 0. The number of carbonyl (C=O) groups excluding carboxylic acids is 1. The summed E-state index contributed by atoms with van der Waals surface area (Å²) in [6.45, 7) is 2.23. The van der Waals surface area contributed by atoms with Crippen molar-refractivity contribution in [1.82, 2.24) is 4.90 Å². The molecule has 0 saturated carbocycles. The van der Waals surface area contributed by atoms with Crippen molar-refractivity contribution in [3.63, 3.8) is 0 Å². The molecule has 1 saturated heterocycles. The molecule has 1 N–H and O–H groups in total. The highest BCUT2D eigenvalue weighted by atomic mass is 16.6. The lowest BCUT2D eigenvalue weighted by molar-refractivity contribution is -0.385. The zero-order chi connectivity index (χ0) is 15.6. The molecule has 0 aromatic heterocycles. The number of piperidine rings is 1. The number of likely N-dealkylation sites (tertiary alicyclic amines) is 1. The van der Waals surface area contributed by atoms with Crippen LogP contribution in [0.15, 0.2) is 24.3 Å². The van der Waals surface area contributed by atoms with Gasteiger partial charge in [0.1, 0.15) is 11.6 Å². The average molecular weight is 292 g/mol. The highest BCUT2D eigenvalue weighted by Crippen LogP contribution is 2.27. The zero-order valence-corrected chi connectivity index (χ0v) is 11.6. The van der Waals surface area contributed by atoms with Crippen LogP contribution in [0.5, 0.6) is 0 Å². The maximum absolute atomic E-state index is 12.5. The fourth-order valence-corrected chi connectivity index (χ4v) is 2.59. The van der Waals surface area contributed by atoms with Crippen LogP contribution in [-0.2, 0) is 4.79 Å². The smallest absolute Gasteiger partial charge is 0.326 e. The van der Waals surface area contributed by atoms with Gasteiger partial charge in [0.15, 0.2) is 0 Å². The highest BCUT2D eigenvalue weighted by Gasteiger charge is 2.36. The van der Waals surface area contributed by atoms with Gasteiger partial charge < -0.3 is 10.0 Å². The Morgan fingerprint density at radius 2 is 2.05 bits per heavy atom. The number of rotatable bonds is 3. The standard InChI is InChI=1S/C14H16N2O5/c1-9-6-7-15(12(8-9)14(18)19)13(17)10-4-2-3-5-11(10)16(20)21/h2-5,9,12H,6-8H2,1H3,(H,18,19). The van der Waals surface area contributed by atoms with Crippen LogP contribution in [0.2, 0.25) is 0 Å². The Labute approximate surface area is 121 Å². The zero-order valence-electron chi connectivity index (χ0n) is 11.6. The second-order valence-electron chi connectivity index (χ2n) is 5.26. The average Bonchev–Trinajstić information content (AvgIpc) is 2.46. The molecule has 0 aliphatic carbocycles.